The van der Waals surface area contributed by atoms with Gasteiger partial charge in [-0.15, -0.1) is 12.4 Å². The Labute approximate surface area is 210 Å². The maximum Gasteiger partial charge on any atom is 0.258 e. The number of carbonyl (C=O) groups is 2. The number of aromatic nitrogens is 2. The number of nitrogens with one attached hydrogen (secondary N) is 1. The van der Waals surface area contributed by atoms with Crippen LogP contribution in [0.1, 0.15) is 23.2 Å². The smallest absolute Gasteiger partial charge is 0.258 e. The van der Waals surface area contributed by atoms with E-state index in [1.807, 2.05) is 71.8 Å². The zero-order chi connectivity index (χ0) is 23.3. The highest BCUT2D eigenvalue weighted by Crippen LogP contribution is 2.22. The maximum atomic E-state index is 13.5. The number of amides is 2. The molecular formula is C27H27ClN4O3. The lowest BCUT2D eigenvalue weighted by Gasteiger charge is -2.33. The van der Waals surface area contributed by atoms with Crippen molar-refractivity contribution in [1.29, 1.82) is 0 Å². The summed E-state index contributed by atoms with van der Waals surface area (Å²) in [5.74, 6) is 0.520. The largest absolute Gasteiger partial charge is 0.490 e. The molecule has 0 unspecified atom stereocenters. The second-order valence-electron chi connectivity index (χ2n) is 8.39. The number of H-pyrrole nitrogens is 1. The van der Waals surface area contributed by atoms with Gasteiger partial charge in [0.2, 0.25) is 5.91 Å². The normalized spacial score (nSPS) is 13.8. The molecule has 0 bridgehead atoms. The van der Waals surface area contributed by atoms with Gasteiger partial charge in [0.25, 0.3) is 5.91 Å². The van der Waals surface area contributed by atoms with Crippen molar-refractivity contribution in [3.05, 3.63) is 90.9 Å². The average molecular weight is 491 g/mol. The van der Waals surface area contributed by atoms with Crippen molar-refractivity contribution in [1.82, 2.24) is 14.9 Å². The number of anilines is 1. The van der Waals surface area contributed by atoms with E-state index in [9.17, 15) is 9.59 Å². The van der Waals surface area contributed by atoms with Gasteiger partial charge in [-0.25, -0.2) is 0 Å². The summed E-state index contributed by atoms with van der Waals surface area (Å²) in [5.41, 5.74) is 2.13. The van der Waals surface area contributed by atoms with Gasteiger partial charge in [0.1, 0.15) is 18.4 Å². The van der Waals surface area contributed by atoms with E-state index in [2.05, 4.69) is 9.97 Å². The molecule has 0 atom stereocenters. The number of rotatable bonds is 6. The van der Waals surface area contributed by atoms with Crippen LogP contribution in [-0.4, -0.2) is 52.4 Å². The van der Waals surface area contributed by atoms with E-state index >= 15 is 0 Å². The second-order valence-corrected chi connectivity index (χ2v) is 8.39. The number of fused-ring (bicyclic) bond motifs is 1. The van der Waals surface area contributed by atoms with E-state index < -0.39 is 0 Å². The van der Waals surface area contributed by atoms with E-state index in [0.29, 0.717) is 24.3 Å². The van der Waals surface area contributed by atoms with Gasteiger partial charge in [-0.05, 0) is 47.9 Å². The van der Waals surface area contributed by atoms with Gasteiger partial charge in [-0.3, -0.25) is 19.5 Å². The Morgan fingerprint density at radius 1 is 1.00 bits per heavy atom. The fourth-order valence-corrected chi connectivity index (χ4v) is 4.29. The Hall–Kier alpha value is -3.84. The third kappa shape index (κ3) is 5.63. The van der Waals surface area contributed by atoms with Crippen LogP contribution in [0.3, 0.4) is 0 Å². The van der Waals surface area contributed by atoms with Crippen molar-refractivity contribution in [2.45, 2.75) is 18.9 Å². The van der Waals surface area contributed by atoms with E-state index in [-0.39, 0.29) is 36.9 Å². The zero-order valence-electron chi connectivity index (χ0n) is 19.2. The molecule has 3 heterocycles. The Balaban J connectivity index is 0.00000289. The van der Waals surface area contributed by atoms with Crippen molar-refractivity contribution in [2.75, 3.05) is 24.5 Å². The van der Waals surface area contributed by atoms with Crippen molar-refractivity contribution >= 4 is 40.8 Å². The van der Waals surface area contributed by atoms with Crippen LogP contribution in [0.25, 0.3) is 10.9 Å². The van der Waals surface area contributed by atoms with E-state index in [1.54, 1.807) is 23.4 Å². The van der Waals surface area contributed by atoms with Crippen molar-refractivity contribution in [3.63, 3.8) is 0 Å². The molecule has 0 spiro atoms. The standard InChI is InChI=1S/C27H26N4O3.ClH/c32-26(30-16-11-24(12-17-30)34-23-9-13-28-14-10-23)19-31(22-4-2-1-3-5-22)27(33)21-7-6-20-8-15-29-25(20)18-21;/h1-10,13-15,18,24,29H,11-12,16-17,19H2;1H. The molecule has 1 aliphatic rings. The highest BCUT2D eigenvalue weighted by Gasteiger charge is 2.28. The minimum absolute atomic E-state index is 0. The number of nitrogens with zero attached hydrogens (tertiary/aromatic N) is 3. The number of hydrogen-bond donors (Lipinski definition) is 1. The lowest BCUT2D eigenvalue weighted by molar-refractivity contribution is -0.131. The van der Waals surface area contributed by atoms with Crippen LogP contribution in [0, 0.1) is 0 Å². The molecule has 2 amide bonds. The third-order valence-corrected chi connectivity index (χ3v) is 6.16. The molecule has 2 aromatic carbocycles. The van der Waals surface area contributed by atoms with E-state index in [0.717, 1.165) is 29.5 Å². The van der Waals surface area contributed by atoms with Gasteiger partial charge in [-0.1, -0.05) is 24.3 Å². The molecule has 1 N–H and O–H groups in total. The molecule has 4 aromatic rings. The molecule has 1 saturated heterocycles. The van der Waals surface area contributed by atoms with Gasteiger partial charge in [-0.2, -0.15) is 0 Å². The number of piperidine rings is 1. The molecule has 1 aliphatic heterocycles. The quantitative estimate of drug-likeness (QED) is 0.425. The number of halogens is 1. The predicted octanol–water partition coefficient (Wildman–Crippen LogP) is 4.70. The predicted molar refractivity (Wildman–Crippen MR) is 138 cm³/mol. The van der Waals surface area contributed by atoms with Gasteiger partial charge in [0, 0.05) is 61.3 Å². The Morgan fingerprint density at radius 2 is 1.74 bits per heavy atom. The molecular weight excluding hydrogens is 464 g/mol. The topological polar surface area (TPSA) is 78.5 Å². The number of benzene rings is 2. The van der Waals surface area contributed by atoms with Crippen LogP contribution in [-0.2, 0) is 4.79 Å². The number of likely N-dealkylation sites (tertiary alicyclic amines) is 1. The molecule has 0 radical (unpaired) electrons. The number of pyridine rings is 1. The lowest BCUT2D eigenvalue weighted by atomic mass is 10.1. The maximum absolute atomic E-state index is 13.5. The number of para-hydroxylation sites is 1. The molecule has 1 fully saturated rings. The van der Waals surface area contributed by atoms with Crippen LogP contribution >= 0.6 is 12.4 Å². The first-order valence-electron chi connectivity index (χ1n) is 11.5. The fourth-order valence-electron chi connectivity index (χ4n) is 4.29. The van der Waals surface area contributed by atoms with Gasteiger partial charge in [0.05, 0.1) is 0 Å². The first kappa shape index (κ1) is 24.3. The van der Waals surface area contributed by atoms with Crippen LogP contribution in [0.15, 0.2) is 85.3 Å². The van der Waals surface area contributed by atoms with E-state index in [4.69, 9.17) is 4.74 Å². The van der Waals surface area contributed by atoms with E-state index in [1.165, 1.54) is 0 Å². The minimum Gasteiger partial charge on any atom is -0.490 e. The summed E-state index contributed by atoms with van der Waals surface area (Å²) in [4.78, 5) is 37.3. The second kappa shape index (κ2) is 11.1. The first-order valence-corrected chi connectivity index (χ1v) is 11.5. The molecule has 0 saturated carbocycles. The molecule has 7 nitrogen and oxygen atoms in total. The molecule has 180 valence electrons. The highest BCUT2D eigenvalue weighted by molar-refractivity contribution is 6.10. The van der Waals surface area contributed by atoms with Gasteiger partial charge < -0.3 is 14.6 Å². The van der Waals surface area contributed by atoms with Gasteiger partial charge >= 0.3 is 0 Å². The first-order chi connectivity index (χ1) is 16.7. The van der Waals surface area contributed by atoms with Crippen LogP contribution in [0.2, 0.25) is 0 Å². The monoisotopic (exact) mass is 490 g/mol. The average Bonchev–Trinajstić information content (AvgIpc) is 3.36. The van der Waals surface area contributed by atoms with Crippen LogP contribution in [0.5, 0.6) is 5.75 Å². The molecule has 0 aliphatic carbocycles. The number of ether oxygens (including phenoxy) is 1. The SMILES string of the molecule is Cl.O=C(CN(C(=O)c1ccc2cc[nH]c2c1)c1ccccc1)N1CCC(Oc2ccncc2)CC1. The lowest BCUT2D eigenvalue weighted by Crippen LogP contribution is -2.47. The van der Waals surface area contributed by atoms with Crippen molar-refractivity contribution in [2.24, 2.45) is 0 Å². The third-order valence-electron chi connectivity index (χ3n) is 6.16. The van der Waals surface area contributed by atoms with Crippen LogP contribution in [0.4, 0.5) is 5.69 Å². The highest BCUT2D eigenvalue weighted by atomic mass is 35.5. The summed E-state index contributed by atoms with van der Waals surface area (Å²) in [7, 11) is 0. The summed E-state index contributed by atoms with van der Waals surface area (Å²) in [6, 6.07) is 20.5. The summed E-state index contributed by atoms with van der Waals surface area (Å²) < 4.78 is 6.01. The molecule has 8 heteroatoms. The molecule has 35 heavy (non-hydrogen) atoms. The van der Waals surface area contributed by atoms with Crippen molar-refractivity contribution < 1.29 is 14.3 Å². The summed E-state index contributed by atoms with van der Waals surface area (Å²) in [6.45, 7) is 1.18. The summed E-state index contributed by atoms with van der Waals surface area (Å²) >= 11 is 0. The minimum atomic E-state index is -0.202. The number of carbonyl (C=O) groups excluding carboxylic acids is 2. The molecule has 2 aromatic heterocycles. The van der Waals surface area contributed by atoms with Crippen LogP contribution < -0.4 is 9.64 Å². The van der Waals surface area contributed by atoms with Crippen molar-refractivity contribution in [3.8, 4) is 5.75 Å². The molecule has 5 rings (SSSR count). The Bertz CT molecular complexity index is 1270. The number of aromatic amines is 1. The van der Waals surface area contributed by atoms with Gasteiger partial charge in [0.15, 0.2) is 0 Å². The summed E-state index contributed by atoms with van der Waals surface area (Å²) in [6.07, 6.45) is 6.81. The summed E-state index contributed by atoms with van der Waals surface area (Å²) in [5, 5.41) is 1.04. The Morgan fingerprint density at radius 3 is 2.49 bits per heavy atom. The fraction of sp³-hybridized carbons (Fsp3) is 0.222. The zero-order valence-corrected chi connectivity index (χ0v) is 20.0. The number of hydrogen-bond acceptors (Lipinski definition) is 4. The Kier molecular flexibility index (Phi) is 7.67.